The first kappa shape index (κ1) is 14.1. The number of anilines is 1. The zero-order chi connectivity index (χ0) is 13.3. The lowest BCUT2D eigenvalue weighted by Gasteiger charge is -2.18. The molecule has 0 bridgehead atoms. The maximum Gasteiger partial charge on any atom is 0.414 e. The van der Waals surface area contributed by atoms with E-state index in [1.807, 2.05) is 0 Å². The molecule has 96 valence electrons. The molecule has 10 heteroatoms. The summed E-state index contributed by atoms with van der Waals surface area (Å²) in [4.78, 5) is 11.3. The van der Waals surface area contributed by atoms with Gasteiger partial charge in [-0.05, 0) is 20.8 Å². The standard InChI is InChI=1S/C7H10ClN3O4S2/c1-7(2,3)15-5(12)9-4-10-11-6(16-4)17(8,13)14/h1-3H3,(H,9,10,12). The largest absolute Gasteiger partial charge is 0.444 e. The molecule has 0 spiro atoms. The molecule has 0 aliphatic rings. The Morgan fingerprint density at radius 3 is 2.41 bits per heavy atom. The van der Waals surface area contributed by atoms with E-state index in [0.29, 0.717) is 11.3 Å². The van der Waals surface area contributed by atoms with Crippen LogP contribution >= 0.6 is 22.0 Å². The van der Waals surface area contributed by atoms with Crippen LogP contribution in [0.4, 0.5) is 9.93 Å². The molecule has 1 N–H and O–H groups in total. The highest BCUT2D eigenvalue weighted by molar-refractivity contribution is 8.15. The Morgan fingerprint density at radius 1 is 1.41 bits per heavy atom. The monoisotopic (exact) mass is 299 g/mol. The van der Waals surface area contributed by atoms with Crippen LogP contribution in [-0.4, -0.2) is 30.3 Å². The van der Waals surface area contributed by atoms with Crippen molar-refractivity contribution in [2.24, 2.45) is 0 Å². The molecule has 17 heavy (non-hydrogen) atoms. The van der Waals surface area contributed by atoms with Gasteiger partial charge in [-0.3, -0.25) is 5.32 Å². The summed E-state index contributed by atoms with van der Waals surface area (Å²) < 4.78 is 26.3. The van der Waals surface area contributed by atoms with Gasteiger partial charge in [0.2, 0.25) is 9.47 Å². The Morgan fingerprint density at radius 2 is 2.00 bits per heavy atom. The van der Waals surface area contributed by atoms with Gasteiger partial charge in [-0.25, -0.2) is 13.2 Å². The molecule has 1 rings (SSSR count). The number of hydrogen-bond acceptors (Lipinski definition) is 7. The lowest BCUT2D eigenvalue weighted by Crippen LogP contribution is -2.27. The van der Waals surface area contributed by atoms with Crippen LogP contribution in [0.25, 0.3) is 0 Å². The van der Waals surface area contributed by atoms with Gasteiger partial charge in [-0.15, -0.1) is 10.2 Å². The maximum absolute atomic E-state index is 11.3. The third kappa shape index (κ3) is 4.84. The first-order valence-electron chi connectivity index (χ1n) is 4.36. The number of nitrogens with zero attached hydrogens (tertiary/aromatic N) is 2. The number of carbonyl (C=O) groups is 1. The van der Waals surface area contributed by atoms with E-state index in [2.05, 4.69) is 15.5 Å². The Balaban J connectivity index is 2.71. The van der Waals surface area contributed by atoms with E-state index in [1.54, 1.807) is 20.8 Å². The topological polar surface area (TPSA) is 98.2 Å². The van der Waals surface area contributed by atoms with Crippen molar-refractivity contribution in [1.82, 2.24) is 10.2 Å². The van der Waals surface area contributed by atoms with E-state index in [0.717, 1.165) is 0 Å². The predicted octanol–water partition coefficient (Wildman–Crippen LogP) is 1.81. The zero-order valence-corrected chi connectivity index (χ0v) is 11.6. The molecule has 0 atom stereocenters. The van der Waals surface area contributed by atoms with Crippen molar-refractivity contribution < 1.29 is 17.9 Å². The van der Waals surface area contributed by atoms with Crippen LogP contribution in [-0.2, 0) is 13.8 Å². The maximum atomic E-state index is 11.3. The predicted molar refractivity (Wildman–Crippen MR) is 62.8 cm³/mol. The van der Waals surface area contributed by atoms with Crippen molar-refractivity contribution in [3.8, 4) is 0 Å². The number of amides is 1. The van der Waals surface area contributed by atoms with Crippen LogP contribution in [0.15, 0.2) is 4.34 Å². The van der Waals surface area contributed by atoms with Crippen molar-refractivity contribution in [2.45, 2.75) is 30.7 Å². The molecule has 7 nitrogen and oxygen atoms in total. The first-order chi connectivity index (χ1) is 7.58. The molecule has 0 aromatic carbocycles. The lowest BCUT2D eigenvalue weighted by atomic mass is 10.2. The zero-order valence-electron chi connectivity index (χ0n) is 9.22. The second kappa shape index (κ2) is 4.75. The van der Waals surface area contributed by atoms with E-state index in [1.165, 1.54) is 0 Å². The number of ether oxygens (including phenoxy) is 1. The average molecular weight is 300 g/mol. The van der Waals surface area contributed by atoms with Gasteiger partial charge in [0.25, 0.3) is 9.05 Å². The number of hydrogen-bond donors (Lipinski definition) is 1. The quantitative estimate of drug-likeness (QED) is 0.660. The van der Waals surface area contributed by atoms with E-state index in [9.17, 15) is 13.2 Å². The van der Waals surface area contributed by atoms with E-state index >= 15 is 0 Å². The van der Waals surface area contributed by atoms with Gasteiger partial charge in [0.05, 0.1) is 0 Å². The van der Waals surface area contributed by atoms with Gasteiger partial charge in [0.15, 0.2) is 0 Å². The molecule has 1 aromatic rings. The Kier molecular flexibility index (Phi) is 3.95. The molecule has 1 heterocycles. The Labute approximate surface area is 107 Å². The van der Waals surface area contributed by atoms with Crippen LogP contribution in [0, 0.1) is 0 Å². The Hall–Kier alpha value is -0.930. The van der Waals surface area contributed by atoms with Gasteiger partial charge in [0.1, 0.15) is 5.60 Å². The van der Waals surface area contributed by atoms with E-state index in [-0.39, 0.29) is 9.47 Å². The van der Waals surface area contributed by atoms with Gasteiger partial charge in [-0.1, -0.05) is 11.3 Å². The molecule has 0 saturated heterocycles. The lowest BCUT2D eigenvalue weighted by molar-refractivity contribution is 0.0636. The van der Waals surface area contributed by atoms with Crippen LogP contribution in [0.1, 0.15) is 20.8 Å². The number of aromatic nitrogens is 2. The minimum absolute atomic E-state index is 0.00141. The molecular formula is C7H10ClN3O4S2. The summed E-state index contributed by atoms with van der Waals surface area (Å²) in [6.45, 7) is 5.09. The second-order valence-corrected chi connectivity index (χ2v) is 7.66. The minimum atomic E-state index is -3.93. The van der Waals surface area contributed by atoms with Gasteiger partial charge in [-0.2, -0.15) is 0 Å². The van der Waals surface area contributed by atoms with Crippen LogP contribution in [0.3, 0.4) is 0 Å². The number of carbonyl (C=O) groups excluding carboxylic acids is 1. The average Bonchev–Trinajstić information content (AvgIpc) is 2.47. The normalized spacial score (nSPS) is 12.2. The highest BCUT2D eigenvalue weighted by Gasteiger charge is 2.20. The molecule has 1 aromatic heterocycles. The minimum Gasteiger partial charge on any atom is -0.444 e. The molecule has 1 amide bonds. The van der Waals surface area contributed by atoms with Gasteiger partial charge in [0, 0.05) is 10.7 Å². The van der Waals surface area contributed by atoms with Gasteiger partial charge < -0.3 is 4.74 Å². The fraction of sp³-hybridized carbons (Fsp3) is 0.571. The Bertz CT molecular complexity index is 519. The number of halogens is 1. The summed E-state index contributed by atoms with van der Waals surface area (Å²) in [5, 5.41) is 9.01. The number of rotatable bonds is 2. The SMILES string of the molecule is CC(C)(C)OC(=O)Nc1nnc(S(=O)(=O)Cl)s1. The van der Waals surface area contributed by atoms with Gasteiger partial charge >= 0.3 is 6.09 Å². The third-order valence-corrected chi connectivity index (χ3v) is 3.98. The summed E-state index contributed by atoms with van der Waals surface area (Å²) in [6.07, 6.45) is -0.743. The molecule has 0 saturated carbocycles. The molecule has 0 aliphatic carbocycles. The highest BCUT2D eigenvalue weighted by Crippen LogP contribution is 2.23. The summed E-state index contributed by atoms with van der Waals surface area (Å²) in [7, 11) is 1.12. The van der Waals surface area contributed by atoms with Crippen LogP contribution in [0.5, 0.6) is 0 Å². The first-order valence-corrected chi connectivity index (χ1v) is 7.49. The summed E-state index contributed by atoms with van der Waals surface area (Å²) in [5.41, 5.74) is -0.657. The third-order valence-electron chi connectivity index (χ3n) is 1.22. The van der Waals surface area contributed by atoms with Crippen molar-refractivity contribution in [2.75, 3.05) is 5.32 Å². The molecular weight excluding hydrogens is 290 g/mol. The summed E-state index contributed by atoms with van der Waals surface area (Å²) >= 11 is 0.640. The fourth-order valence-electron chi connectivity index (χ4n) is 0.750. The molecule has 0 radical (unpaired) electrons. The van der Waals surface area contributed by atoms with Crippen molar-refractivity contribution in [3.63, 3.8) is 0 Å². The summed E-state index contributed by atoms with van der Waals surface area (Å²) in [5.74, 6) is 0. The number of nitrogens with one attached hydrogen (secondary N) is 1. The van der Waals surface area contributed by atoms with Crippen LogP contribution < -0.4 is 5.32 Å². The van der Waals surface area contributed by atoms with E-state index < -0.39 is 20.7 Å². The second-order valence-electron chi connectivity index (χ2n) is 3.94. The van der Waals surface area contributed by atoms with Crippen molar-refractivity contribution in [3.05, 3.63) is 0 Å². The molecule has 0 unspecified atom stereocenters. The van der Waals surface area contributed by atoms with E-state index in [4.69, 9.17) is 15.4 Å². The van der Waals surface area contributed by atoms with Crippen molar-refractivity contribution >= 4 is 42.3 Å². The summed E-state index contributed by atoms with van der Waals surface area (Å²) in [6, 6.07) is 0. The van der Waals surface area contributed by atoms with Crippen LogP contribution in [0.2, 0.25) is 0 Å². The highest BCUT2D eigenvalue weighted by atomic mass is 35.7. The molecule has 0 fully saturated rings. The fourth-order valence-corrected chi connectivity index (χ4v) is 2.36. The van der Waals surface area contributed by atoms with Crippen molar-refractivity contribution in [1.29, 1.82) is 0 Å². The smallest absolute Gasteiger partial charge is 0.414 e. The molecule has 0 aliphatic heterocycles.